The lowest BCUT2D eigenvalue weighted by Crippen LogP contribution is -2.36. The van der Waals surface area contributed by atoms with Gasteiger partial charge in [-0.05, 0) is 57.2 Å². The first kappa shape index (κ1) is 19.8. The molecule has 6 heteroatoms. The Labute approximate surface area is 154 Å². The molecule has 0 spiro atoms. The molecule has 0 saturated carbocycles. The third kappa shape index (κ3) is 5.51. The second-order valence-electron chi connectivity index (χ2n) is 6.27. The van der Waals surface area contributed by atoms with Crippen molar-refractivity contribution in [1.82, 2.24) is 5.32 Å². The maximum Gasteiger partial charge on any atom is 0.339 e. The van der Waals surface area contributed by atoms with Gasteiger partial charge in [-0.1, -0.05) is 11.6 Å². The third-order valence-electron chi connectivity index (χ3n) is 4.40. The summed E-state index contributed by atoms with van der Waals surface area (Å²) in [6, 6.07) is 4.73. The van der Waals surface area contributed by atoms with Crippen molar-refractivity contribution in [1.29, 1.82) is 0 Å². The lowest BCUT2D eigenvalue weighted by Gasteiger charge is -2.16. The summed E-state index contributed by atoms with van der Waals surface area (Å²) in [6.07, 6.45) is 6.95. The van der Waals surface area contributed by atoms with Crippen LogP contribution in [0.1, 0.15) is 49.4 Å². The summed E-state index contributed by atoms with van der Waals surface area (Å²) >= 11 is 0. The molecule has 6 nitrogen and oxygen atoms in total. The Morgan fingerprint density at radius 2 is 1.92 bits per heavy atom. The fourth-order valence-corrected chi connectivity index (χ4v) is 2.87. The number of carbonyl (C=O) groups is 2. The van der Waals surface area contributed by atoms with Gasteiger partial charge in [0.05, 0.1) is 19.8 Å². The van der Waals surface area contributed by atoms with Crippen LogP contribution in [0, 0.1) is 0 Å². The summed E-state index contributed by atoms with van der Waals surface area (Å²) in [5.74, 6) is 0.0745. The Bertz CT molecular complexity index is 668. The molecule has 1 atom stereocenters. The van der Waals surface area contributed by atoms with Gasteiger partial charge in [-0.3, -0.25) is 4.79 Å². The minimum Gasteiger partial charge on any atom is -0.493 e. The molecule has 26 heavy (non-hydrogen) atoms. The van der Waals surface area contributed by atoms with Crippen molar-refractivity contribution in [3.63, 3.8) is 0 Å². The lowest BCUT2D eigenvalue weighted by molar-refractivity contribution is -0.129. The summed E-state index contributed by atoms with van der Waals surface area (Å²) in [7, 11) is 3.01. The van der Waals surface area contributed by atoms with Crippen LogP contribution in [0.25, 0.3) is 0 Å². The standard InChI is InChI=1S/C20H27NO5/c1-14(19(22)21-12-11-15-7-5-4-6-8-15)26-20(23)16-9-10-17(24-2)18(13-16)25-3/h7,9-10,13-14H,4-6,8,11-12H2,1-3H3,(H,21,22)/t14-/m1/s1. The highest BCUT2D eigenvalue weighted by molar-refractivity contribution is 5.92. The lowest BCUT2D eigenvalue weighted by atomic mass is 9.97. The monoisotopic (exact) mass is 361 g/mol. The zero-order valence-corrected chi connectivity index (χ0v) is 15.7. The maximum absolute atomic E-state index is 12.2. The average molecular weight is 361 g/mol. The first-order valence-electron chi connectivity index (χ1n) is 8.93. The van der Waals surface area contributed by atoms with Gasteiger partial charge in [-0.15, -0.1) is 0 Å². The smallest absolute Gasteiger partial charge is 0.339 e. The van der Waals surface area contributed by atoms with E-state index in [2.05, 4.69) is 11.4 Å². The van der Waals surface area contributed by atoms with Crippen LogP contribution in [0.15, 0.2) is 29.8 Å². The van der Waals surface area contributed by atoms with Crippen LogP contribution in [0.5, 0.6) is 11.5 Å². The number of carbonyl (C=O) groups excluding carboxylic acids is 2. The van der Waals surface area contributed by atoms with Crippen molar-refractivity contribution in [3.8, 4) is 11.5 Å². The normalized spacial score (nSPS) is 14.8. The average Bonchev–Trinajstić information content (AvgIpc) is 2.67. The van der Waals surface area contributed by atoms with Crippen molar-refractivity contribution in [3.05, 3.63) is 35.4 Å². The van der Waals surface area contributed by atoms with Crippen LogP contribution in [0.4, 0.5) is 0 Å². The van der Waals surface area contributed by atoms with Gasteiger partial charge >= 0.3 is 5.97 Å². The summed E-state index contributed by atoms with van der Waals surface area (Å²) in [6.45, 7) is 2.12. The maximum atomic E-state index is 12.2. The number of nitrogens with one attached hydrogen (secondary N) is 1. The molecule has 142 valence electrons. The quantitative estimate of drug-likeness (QED) is 0.568. The molecule has 2 rings (SSSR count). The number of ether oxygens (including phenoxy) is 3. The molecule has 0 radical (unpaired) electrons. The van der Waals surface area contributed by atoms with E-state index < -0.39 is 12.1 Å². The number of benzene rings is 1. The van der Waals surface area contributed by atoms with Gasteiger partial charge in [0.15, 0.2) is 17.6 Å². The second kappa shape index (κ2) is 9.85. The molecular weight excluding hydrogens is 334 g/mol. The van der Waals surface area contributed by atoms with E-state index in [9.17, 15) is 9.59 Å². The minimum absolute atomic E-state index is 0.296. The molecule has 0 aromatic heterocycles. The highest BCUT2D eigenvalue weighted by Gasteiger charge is 2.20. The molecule has 1 amide bonds. The van der Waals surface area contributed by atoms with Gasteiger partial charge < -0.3 is 19.5 Å². The highest BCUT2D eigenvalue weighted by Crippen LogP contribution is 2.28. The van der Waals surface area contributed by atoms with Gasteiger partial charge in [0.2, 0.25) is 0 Å². The number of hydrogen-bond donors (Lipinski definition) is 1. The summed E-state index contributed by atoms with van der Waals surface area (Å²) in [4.78, 5) is 24.4. The molecule has 1 aromatic rings. The number of allylic oxidation sites excluding steroid dienone is 1. The van der Waals surface area contributed by atoms with Crippen molar-refractivity contribution in [2.45, 2.75) is 45.1 Å². The van der Waals surface area contributed by atoms with Crippen LogP contribution in [0.3, 0.4) is 0 Å². The number of amides is 1. The number of hydrogen-bond acceptors (Lipinski definition) is 5. The molecule has 1 N–H and O–H groups in total. The van der Waals surface area contributed by atoms with E-state index in [-0.39, 0.29) is 5.91 Å². The van der Waals surface area contributed by atoms with E-state index in [1.165, 1.54) is 38.7 Å². The number of rotatable bonds is 8. The Kier molecular flexibility index (Phi) is 7.51. The summed E-state index contributed by atoms with van der Waals surface area (Å²) in [5, 5.41) is 2.83. The van der Waals surface area contributed by atoms with E-state index in [0.29, 0.717) is 23.6 Å². The molecule has 0 bridgehead atoms. The Balaban J connectivity index is 1.83. The Morgan fingerprint density at radius 1 is 1.15 bits per heavy atom. The number of methoxy groups -OCH3 is 2. The third-order valence-corrected chi connectivity index (χ3v) is 4.40. The molecule has 1 aromatic carbocycles. The van der Waals surface area contributed by atoms with E-state index in [4.69, 9.17) is 14.2 Å². The van der Waals surface area contributed by atoms with Crippen LogP contribution >= 0.6 is 0 Å². The minimum atomic E-state index is -0.865. The predicted molar refractivity (Wildman–Crippen MR) is 98.6 cm³/mol. The molecule has 0 saturated heterocycles. The van der Waals surface area contributed by atoms with Gasteiger partial charge in [-0.25, -0.2) is 4.79 Å². The van der Waals surface area contributed by atoms with Crippen molar-refractivity contribution < 1.29 is 23.8 Å². The van der Waals surface area contributed by atoms with E-state index in [1.54, 1.807) is 19.1 Å². The van der Waals surface area contributed by atoms with E-state index in [0.717, 1.165) is 19.3 Å². The highest BCUT2D eigenvalue weighted by atomic mass is 16.5. The fourth-order valence-electron chi connectivity index (χ4n) is 2.87. The van der Waals surface area contributed by atoms with Crippen LogP contribution in [-0.2, 0) is 9.53 Å². The van der Waals surface area contributed by atoms with Gasteiger partial charge in [-0.2, -0.15) is 0 Å². The van der Waals surface area contributed by atoms with Gasteiger partial charge in [0, 0.05) is 6.54 Å². The first-order valence-corrected chi connectivity index (χ1v) is 8.93. The molecule has 1 aliphatic carbocycles. The SMILES string of the molecule is COc1ccc(C(=O)O[C@H](C)C(=O)NCCC2=CCCCC2)cc1OC. The van der Waals surface area contributed by atoms with Crippen LogP contribution in [-0.4, -0.2) is 38.7 Å². The summed E-state index contributed by atoms with van der Waals surface area (Å²) < 4.78 is 15.6. The summed E-state index contributed by atoms with van der Waals surface area (Å²) in [5.41, 5.74) is 1.70. The molecule has 0 aliphatic heterocycles. The number of esters is 1. The van der Waals surface area contributed by atoms with Crippen molar-refractivity contribution in [2.24, 2.45) is 0 Å². The second-order valence-corrected chi connectivity index (χ2v) is 6.27. The van der Waals surface area contributed by atoms with E-state index in [1.807, 2.05) is 0 Å². The van der Waals surface area contributed by atoms with Gasteiger partial charge in [0.1, 0.15) is 0 Å². The van der Waals surface area contributed by atoms with Gasteiger partial charge in [0.25, 0.3) is 5.91 Å². The molecule has 0 heterocycles. The Hall–Kier alpha value is -2.50. The molecule has 1 aliphatic rings. The van der Waals surface area contributed by atoms with Crippen molar-refractivity contribution >= 4 is 11.9 Å². The first-order chi connectivity index (χ1) is 12.5. The Morgan fingerprint density at radius 3 is 2.58 bits per heavy atom. The fraction of sp³-hybridized carbons (Fsp3) is 0.500. The topological polar surface area (TPSA) is 73.9 Å². The van der Waals surface area contributed by atoms with Crippen LogP contribution in [0.2, 0.25) is 0 Å². The molecular formula is C20H27NO5. The zero-order chi connectivity index (χ0) is 18.9. The molecule has 0 fully saturated rings. The van der Waals surface area contributed by atoms with E-state index >= 15 is 0 Å². The largest absolute Gasteiger partial charge is 0.493 e. The zero-order valence-electron chi connectivity index (χ0n) is 15.7. The predicted octanol–water partition coefficient (Wildman–Crippen LogP) is 3.26. The molecule has 0 unspecified atom stereocenters. The van der Waals surface area contributed by atoms with Crippen LogP contribution < -0.4 is 14.8 Å². The van der Waals surface area contributed by atoms with Crippen molar-refractivity contribution in [2.75, 3.05) is 20.8 Å².